The number of carbonyl (C=O) groups is 1. The molecule has 4 nitrogen and oxygen atoms in total. The van der Waals surface area contributed by atoms with Crippen LogP contribution in [-0.2, 0) is 11.2 Å². The van der Waals surface area contributed by atoms with Crippen molar-refractivity contribution in [1.29, 1.82) is 0 Å². The Balaban J connectivity index is 1.99. The Morgan fingerprint density at radius 1 is 1.27 bits per heavy atom. The maximum absolute atomic E-state index is 11.0. The average molecular weight is 297 g/mol. The summed E-state index contributed by atoms with van der Waals surface area (Å²) in [5.41, 5.74) is 2.88. The number of rotatable bonds is 5. The van der Waals surface area contributed by atoms with Gasteiger partial charge in [-0.15, -0.1) is 0 Å². The first-order valence-electron chi connectivity index (χ1n) is 7.71. The second-order valence-corrected chi connectivity index (χ2v) is 6.04. The minimum Gasteiger partial charge on any atom is -0.423 e. The van der Waals surface area contributed by atoms with Gasteiger partial charge in [-0.3, -0.25) is 4.79 Å². The summed E-state index contributed by atoms with van der Waals surface area (Å²) in [7, 11) is -1.48. The standard InChI is InChI=1S/C17H20BNO3/c1-11(20)19-7-6-15-9-16(18(21)22)8-14-5-4-13(10-17(14)15)12-2-3-12/h4-5,8-10,12,21-22H,2-3,6-7H2,1H3,(H,19,20). The first-order chi connectivity index (χ1) is 10.5. The van der Waals surface area contributed by atoms with Crippen LogP contribution in [0.25, 0.3) is 10.8 Å². The molecule has 2 aromatic rings. The van der Waals surface area contributed by atoms with Gasteiger partial charge in [-0.05, 0) is 52.5 Å². The van der Waals surface area contributed by atoms with E-state index in [0.717, 1.165) is 16.3 Å². The van der Waals surface area contributed by atoms with Gasteiger partial charge < -0.3 is 15.4 Å². The van der Waals surface area contributed by atoms with Gasteiger partial charge in [0.2, 0.25) is 5.91 Å². The quantitative estimate of drug-likeness (QED) is 0.723. The molecule has 0 bridgehead atoms. The molecule has 0 heterocycles. The Hall–Kier alpha value is -1.85. The fraction of sp³-hybridized carbons (Fsp3) is 0.353. The average Bonchev–Trinajstić information content (AvgIpc) is 3.30. The van der Waals surface area contributed by atoms with Gasteiger partial charge in [0.25, 0.3) is 0 Å². The molecule has 1 saturated carbocycles. The van der Waals surface area contributed by atoms with Crippen molar-refractivity contribution in [3.05, 3.63) is 41.5 Å². The summed E-state index contributed by atoms with van der Waals surface area (Å²) in [6, 6.07) is 10.0. The van der Waals surface area contributed by atoms with E-state index >= 15 is 0 Å². The van der Waals surface area contributed by atoms with Crippen molar-refractivity contribution in [3.8, 4) is 0 Å². The number of hydrogen-bond donors (Lipinski definition) is 3. The molecule has 22 heavy (non-hydrogen) atoms. The van der Waals surface area contributed by atoms with E-state index in [1.807, 2.05) is 12.1 Å². The molecule has 1 aliphatic carbocycles. The second-order valence-electron chi connectivity index (χ2n) is 6.04. The Bertz CT molecular complexity index is 710. The lowest BCUT2D eigenvalue weighted by Gasteiger charge is -2.12. The summed E-state index contributed by atoms with van der Waals surface area (Å²) >= 11 is 0. The van der Waals surface area contributed by atoms with Crippen LogP contribution in [0, 0.1) is 0 Å². The van der Waals surface area contributed by atoms with Gasteiger partial charge in [-0.1, -0.05) is 30.3 Å². The summed E-state index contributed by atoms with van der Waals surface area (Å²) in [5.74, 6) is 0.622. The second kappa shape index (κ2) is 6.11. The topological polar surface area (TPSA) is 69.6 Å². The van der Waals surface area contributed by atoms with E-state index in [1.54, 1.807) is 0 Å². The van der Waals surface area contributed by atoms with Crippen molar-refractivity contribution in [1.82, 2.24) is 5.32 Å². The van der Waals surface area contributed by atoms with Crippen LogP contribution in [0.5, 0.6) is 0 Å². The third kappa shape index (κ3) is 3.31. The van der Waals surface area contributed by atoms with Crippen LogP contribution < -0.4 is 10.8 Å². The fourth-order valence-corrected chi connectivity index (χ4v) is 2.88. The fourth-order valence-electron chi connectivity index (χ4n) is 2.88. The monoisotopic (exact) mass is 297 g/mol. The molecule has 5 heteroatoms. The Labute approximate surface area is 130 Å². The predicted molar refractivity (Wildman–Crippen MR) is 88.1 cm³/mol. The molecule has 0 radical (unpaired) electrons. The summed E-state index contributed by atoms with van der Waals surface area (Å²) in [6.07, 6.45) is 3.17. The largest absolute Gasteiger partial charge is 0.488 e. The number of hydrogen-bond acceptors (Lipinski definition) is 3. The maximum atomic E-state index is 11.0. The van der Waals surface area contributed by atoms with E-state index in [-0.39, 0.29) is 5.91 Å². The van der Waals surface area contributed by atoms with Gasteiger partial charge in [0.1, 0.15) is 0 Å². The minimum atomic E-state index is -1.48. The molecule has 0 aromatic heterocycles. The lowest BCUT2D eigenvalue weighted by atomic mass is 9.77. The normalized spacial score (nSPS) is 14.1. The first-order valence-corrected chi connectivity index (χ1v) is 7.71. The van der Waals surface area contributed by atoms with Gasteiger partial charge >= 0.3 is 7.12 Å². The van der Waals surface area contributed by atoms with Crippen LogP contribution in [0.4, 0.5) is 0 Å². The SMILES string of the molecule is CC(=O)NCCc1cc(B(O)O)cc2ccc(C3CC3)cc12. The van der Waals surface area contributed by atoms with Gasteiger partial charge in [0, 0.05) is 13.5 Å². The molecular weight excluding hydrogens is 277 g/mol. The highest BCUT2D eigenvalue weighted by molar-refractivity contribution is 6.59. The Morgan fingerprint density at radius 3 is 2.68 bits per heavy atom. The molecule has 1 aliphatic rings. The third-order valence-corrected chi connectivity index (χ3v) is 4.20. The van der Waals surface area contributed by atoms with E-state index in [1.165, 1.54) is 25.3 Å². The molecule has 0 unspecified atom stereocenters. The van der Waals surface area contributed by atoms with Gasteiger partial charge in [-0.25, -0.2) is 0 Å². The smallest absolute Gasteiger partial charge is 0.423 e. The van der Waals surface area contributed by atoms with Gasteiger partial charge in [0.15, 0.2) is 0 Å². The molecule has 1 amide bonds. The van der Waals surface area contributed by atoms with E-state index in [4.69, 9.17) is 0 Å². The van der Waals surface area contributed by atoms with Crippen molar-refractivity contribution in [2.45, 2.75) is 32.1 Å². The highest BCUT2D eigenvalue weighted by Gasteiger charge is 2.24. The van der Waals surface area contributed by atoms with E-state index in [9.17, 15) is 14.8 Å². The molecule has 114 valence electrons. The number of carbonyl (C=O) groups excluding carboxylic acids is 1. The molecule has 0 spiro atoms. The highest BCUT2D eigenvalue weighted by atomic mass is 16.4. The molecule has 0 saturated heterocycles. The molecule has 0 atom stereocenters. The molecule has 3 N–H and O–H groups in total. The maximum Gasteiger partial charge on any atom is 0.488 e. The third-order valence-electron chi connectivity index (χ3n) is 4.20. The zero-order chi connectivity index (χ0) is 15.7. The van der Waals surface area contributed by atoms with Gasteiger partial charge in [0.05, 0.1) is 0 Å². The zero-order valence-corrected chi connectivity index (χ0v) is 12.7. The summed E-state index contributed by atoms with van der Waals surface area (Å²) in [5, 5.41) is 23.9. The van der Waals surface area contributed by atoms with Crippen molar-refractivity contribution >= 4 is 29.3 Å². The summed E-state index contributed by atoms with van der Waals surface area (Å²) < 4.78 is 0. The van der Waals surface area contributed by atoms with Crippen LogP contribution in [0.2, 0.25) is 0 Å². The van der Waals surface area contributed by atoms with Crippen molar-refractivity contribution in [2.75, 3.05) is 6.54 Å². The van der Waals surface area contributed by atoms with Crippen LogP contribution in [-0.4, -0.2) is 29.6 Å². The summed E-state index contributed by atoms with van der Waals surface area (Å²) in [4.78, 5) is 11.0. The van der Waals surface area contributed by atoms with E-state index < -0.39 is 7.12 Å². The molecule has 2 aromatic carbocycles. The van der Waals surface area contributed by atoms with Crippen molar-refractivity contribution < 1.29 is 14.8 Å². The van der Waals surface area contributed by atoms with Crippen molar-refractivity contribution in [3.63, 3.8) is 0 Å². The predicted octanol–water partition coefficient (Wildman–Crippen LogP) is 1.08. The van der Waals surface area contributed by atoms with Crippen LogP contribution in [0.15, 0.2) is 30.3 Å². The van der Waals surface area contributed by atoms with Crippen LogP contribution in [0.3, 0.4) is 0 Å². The first kappa shape index (κ1) is 15.1. The van der Waals surface area contributed by atoms with Crippen molar-refractivity contribution in [2.24, 2.45) is 0 Å². The number of amides is 1. The number of nitrogens with one attached hydrogen (secondary N) is 1. The Morgan fingerprint density at radius 2 is 2.05 bits per heavy atom. The van der Waals surface area contributed by atoms with Crippen LogP contribution in [0.1, 0.15) is 36.8 Å². The van der Waals surface area contributed by atoms with Crippen LogP contribution >= 0.6 is 0 Å². The molecular formula is C17H20BNO3. The lowest BCUT2D eigenvalue weighted by Crippen LogP contribution is -2.30. The van der Waals surface area contributed by atoms with E-state index in [2.05, 4.69) is 23.5 Å². The number of benzene rings is 2. The van der Waals surface area contributed by atoms with Gasteiger partial charge in [-0.2, -0.15) is 0 Å². The lowest BCUT2D eigenvalue weighted by molar-refractivity contribution is -0.118. The highest BCUT2D eigenvalue weighted by Crippen LogP contribution is 2.41. The number of fused-ring (bicyclic) bond motifs is 1. The molecule has 1 fully saturated rings. The summed E-state index contributed by atoms with van der Waals surface area (Å²) in [6.45, 7) is 2.04. The molecule has 0 aliphatic heterocycles. The zero-order valence-electron chi connectivity index (χ0n) is 12.7. The molecule has 3 rings (SSSR count). The minimum absolute atomic E-state index is 0.0543. The van der Waals surface area contributed by atoms with E-state index in [0.29, 0.717) is 24.3 Å². The Kier molecular flexibility index (Phi) is 4.18.